The van der Waals surface area contributed by atoms with E-state index in [1.165, 1.54) is 5.56 Å². The Hall–Kier alpha value is -1.73. The number of hydrogen-bond donors (Lipinski definition) is 3. The Balaban J connectivity index is 0.000000922. The fourth-order valence-corrected chi connectivity index (χ4v) is 2.02. The molecule has 0 radical (unpaired) electrons. The van der Waals surface area contributed by atoms with Crippen LogP contribution in [0.1, 0.15) is 32.3 Å². The van der Waals surface area contributed by atoms with Crippen LogP contribution in [0.3, 0.4) is 0 Å². The third-order valence-corrected chi connectivity index (χ3v) is 3.59. The van der Waals surface area contributed by atoms with Gasteiger partial charge in [0, 0.05) is 11.4 Å². The van der Waals surface area contributed by atoms with Crippen molar-refractivity contribution >= 4 is 29.4 Å². The highest BCUT2D eigenvalue weighted by Crippen LogP contribution is 2.24. The van der Waals surface area contributed by atoms with Crippen LogP contribution in [0.25, 0.3) is 0 Å². The summed E-state index contributed by atoms with van der Waals surface area (Å²) in [5.41, 5.74) is 6.79. The Bertz CT molecular complexity index is 509. The van der Waals surface area contributed by atoms with E-state index in [1.807, 2.05) is 31.4 Å². The Kier molecular flexibility index (Phi) is 11.8. The molecule has 6 nitrogen and oxygen atoms in total. The molecule has 0 spiro atoms. The van der Waals surface area contributed by atoms with Gasteiger partial charge in [0.25, 0.3) is 0 Å². The van der Waals surface area contributed by atoms with Crippen LogP contribution < -0.4 is 11.1 Å². The van der Waals surface area contributed by atoms with Crippen molar-refractivity contribution in [3.63, 3.8) is 0 Å². The van der Waals surface area contributed by atoms with Crippen molar-refractivity contribution in [2.75, 3.05) is 30.5 Å². The summed E-state index contributed by atoms with van der Waals surface area (Å²) in [4.78, 5) is 21.1. The van der Waals surface area contributed by atoms with Gasteiger partial charge in [0.05, 0.1) is 6.54 Å². The number of carboxylic acids is 1. The molecule has 0 aliphatic rings. The van der Waals surface area contributed by atoms with Gasteiger partial charge < -0.3 is 20.9 Å². The number of benzene rings is 1. The molecular weight excluding hydrogens is 328 g/mol. The lowest BCUT2D eigenvalue weighted by Gasteiger charge is -2.18. The highest BCUT2D eigenvalue weighted by molar-refractivity contribution is 7.98. The van der Waals surface area contributed by atoms with Crippen LogP contribution in [0.15, 0.2) is 24.3 Å². The summed E-state index contributed by atoms with van der Waals surface area (Å²) in [5, 5.41) is 10.8. The summed E-state index contributed by atoms with van der Waals surface area (Å²) in [6.07, 6.45) is 1.99. The van der Waals surface area contributed by atoms with E-state index in [0.717, 1.165) is 11.4 Å². The van der Waals surface area contributed by atoms with Crippen molar-refractivity contribution in [1.82, 2.24) is 0 Å². The Morgan fingerprint density at radius 2 is 1.88 bits per heavy atom. The predicted molar refractivity (Wildman–Crippen MR) is 99.6 cm³/mol. The zero-order valence-electron chi connectivity index (χ0n) is 14.7. The summed E-state index contributed by atoms with van der Waals surface area (Å²) in [6, 6.07) is 7.74. The van der Waals surface area contributed by atoms with Gasteiger partial charge in [-0.15, -0.1) is 0 Å². The Morgan fingerprint density at radius 1 is 1.29 bits per heavy atom. The molecule has 24 heavy (non-hydrogen) atoms. The number of aliphatic carboxylic acids is 1. The molecule has 4 N–H and O–H groups in total. The number of carboxylic acid groups (broad SMARTS) is 1. The fourth-order valence-electron chi connectivity index (χ4n) is 1.77. The number of hydrogen-bond acceptors (Lipinski definition) is 6. The van der Waals surface area contributed by atoms with E-state index in [0.29, 0.717) is 12.5 Å². The maximum Gasteiger partial charge on any atom is 0.328 e. The van der Waals surface area contributed by atoms with Crippen molar-refractivity contribution in [3.8, 4) is 0 Å². The molecule has 1 aromatic carbocycles. The molecular formula is C17H28N2O4S. The van der Waals surface area contributed by atoms with E-state index in [-0.39, 0.29) is 18.6 Å². The average molecular weight is 356 g/mol. The lowest BCUT2D eigenvalue weighted by atomic mass is 10.0. The minimum atomic E-state index is -0.968. The van der Waals surface area contributed by atoms with Crippen molar-refractivity contribution < 1.29 is 19.4 Å². The highest BCUT2D eigenvalue weighted by atomic mass is 32.2. The zero-order chi connectivity index (χ0) is 18.5. The smallest absolute Gasteiger partial charge is 0.328 e. The largest absolute Gasteiger partial charge is 0.480 e. The Morgan fingerprint density at radius 3 is 2.38 bits per heavy atom. The number of anilines is 1. The number of thioether (sulfide) groups is 1. The van der Waals surface area contributed by atoms with Crippen LogP contribution in [0.4, 0.5) is 5.69 Å². The highest BCUT2D eigenvalue weighted by Gasteiger charge is 2.16. The summed E-state index contributed by atoms with van der Waals surface area (Å²) in [7, 11) is 0. The Labute approximate surface area is 148 Å². The second-order valence-electron chi connectivity index (χ2n) is 5.37. The minimum Gasteiger partial charge on any atom is -0.480 e. The molecule has 0 aliphatic heterocycles. The molecule has 7 heteroatoms. The molecule has 1 aromatic rings. The first-order chi connectivity index (χ1) is 11.3. The number of carbonyl (C=O) groups is 2. The average Bonchev–Trinajstić information content (AvgIpc) is 2.55. The molecule has 1 rings (SSSR count). The van der Waals surface area contributed by atoms with E-state index < -0.39 is 5.97 Å². The van der Waals surface area contributed by atoms with Gasteiger partial charge in [-0.25, -0.2) is 4.79 Å². The molecule has 0 amide bonds. The van der Waals surface area contributed by atoms with E-state index in [4.69, 9.17) is 9.84 Å². The quantitative estimate of drug-likeness (QED) is 0.486. The maximum atomic E-state index is 11.8. The molecule has 0 aromatic heterocycles. The second-order valence-corrected chi connectivity index (χ2v) is 6.35. The maximum absolute atomic E-state index is 11.8. The molecule has 0 heterocycles. The number of nitrogens with two attached hydrogens (primary N) is 1. The van der Waals surface area contributed by atoms with Gasteiger partial charge in [-0.2, -0.15) is 11.8 Å². The van der Waals surface area contributed by atoms with Crippen LogP contribution in [-0.4, -0.2) is 48.2 Å². The van der Waals surface area contributed by atoms with E-state index >= 15 is 0 Å². The lowest BCUT2D eigenvalue weighted by molar-refractivity contribution is -0.143. The summed E-state index contributed by atoms with van der Waals surface area (Å²) < 4.78 is 5.19. The molecule has 0 fully saturated rings. The first kappa shape index (κ1) is 22.3. The normalized spacial score (nSPS) is 11.2. The van der Waals surface area contributed by atoms with Crippen LogP contribution in [0.2, 0.25) is 0 Å². The van der Waals surface area contributed by atoms with E-state index in [2.05, 4.69) is 31.0 Å². The second kappa shape index (κ2) is 12.7. The topological polar surface area (TPSA) is 102 Å². The SMILES string of the molecule is CSCCOC(=O)[C@H](C)Nc1ccccc1C(C)C.NCC(=O)O. The van der Waals surface area contributed by atoms with Gasteiger partial charge in [-0.3, -0.25) is 4.79 Å². The lowest BCUT2D eigenvalue weighted by Crippen LogP contribution is -2.29. The van der Waals surface area contributed by atoms with Crippen molar-refractivity contribution in [3.05, 3.63) is 29.8 Å². The van der Waals surface area contributed by atoms with Crippen LogP contribution in [-0.2, 0) is 14.3 Å². The predicted octanol–water partition coefficient (Wildman–Crippen LogP) is 2.55. The minimum absolute atomic E-state index is 0.201. The first-order valence-electron chi connectivity index (χ1n) is 7.76. The summed E-state index contributed by atoms with van der Waals surface area (Å²) >= 11 is 1.67. The number of carbonyl (C=O) groups excluding carboxylic acids is 1. The van der Waals surface area contributed by atoms with Gasteiger partial charge >= 0.3 is 11.9 Å². The first-order valence-corrected chi connectivity index (χ1v) is 9.15. The number of para-hydroxylation sites is 1. The van der Waals surface area contributed by atoms with Crippen molar-refractivity contribution in [1.29, 1.82) is 0 Å². The third kappa shape index (κ3) is 9.42. The summed E-state index contributed by atoms with van der Waals surface area (Å²) in [5.74, 6) is 0.0853. The van der Waals surface area contributed by atoms with Gasteiger partial charge in [0.15, 0.2) is 0 Å². The molecule has 0 bridgehead atoms. The van der Waals surface area contributed by atoms with Gasteiger partial charge in [0.2, 0.25) is 0 Å². The van der Waals surface area contributed by atoms with E-state index in [9.17, 15) is 9.59 Å². The van der Waals surface area contributed by atoms with Crippen molar-refractivity contribution in [2.45, 2.75) is 32.7 Å². The standard InChI is InChI=1S/C15H23NO2S.C2H5NO2/c1-11(2)13-7-5-6-8-14(13)16-12(3)15(17)18-9-10-19-4;3-1-2(4)5/h5-8,11-12,16H,9-10H2,1-4H3;1,3H2,(H,4,5)/t12-;/m0./s1. The number of nitrogens with one attached hydrogen (secondary N) is 1. The van der Waals surface area contributed by atoms with Crippen LogP contribution in [0, 0.1) is 0 Å². The molecule has 0 saturated heterocycles. The number of esters is 1. The van der Waals surface area contributed by atoms with Crippen LogP contribution >= 0.6 is 11.8 Å². The molecule has 0 aliphatic carbocycles. The van der Waals surface area contributed by atoms with Gasteiger partial charge in [-0.05, 0) is 30.7 Å². The molecule has 0 unspecified atom stereocenters. The van der Waals surface area contributed by atoms with Crippen molar-refractivity contribution in [2.24, 2.45) is 5.73 Å². The summed E-state index contributed by atoms with van der Waals surface area (Å²) in [6.45, 7) is 6.31. The van der Waals surface area contributed by atoms with E-state index in [1.54, 1.807) is 11.8 Å². The molecule has 136 valence electrons. The van der Waals surface area contributed by atoms with Gasteiger partial charge in [-0.1, -0.05) is 32.0 Å². The zero-order valence-corrected chi connectivity index (χ0v) is 15.6. The molecule has 1 atom stereocenters. The third-order valence-electron chi connectivity index (χ3n) is 3.01. The van der Waals surface area contributed by atoms with Crippen LogP contribution in [0.5, 0.6) is 0 Å². The monoisotopic (exact) mass is 356 g/mol. The number of rotatable bonds is 8. The number of ether oxygens (including phenoxy) is 1. The molecule has 0 saturated carbocycles. The van der Waals surface area contributed by atoms with Gasteiger partial charge in [0.1, 0.15) is 12.6 Å². The fraction of sp³-hybridized carbons (Fsp3) is 0.529.